The Bertz CT molecular complexity index is 291. The molecule has 1 unspecified atom stereocenters. The third-order valence-electron chi connectivity index (χ3n) is 2.19. The molecule has 1 saturated heterocycles. The Morgan fingerprint density at radius 2 is 2.11 bits per heavy atom. The second kappa shape index (κ2) is 9.90. The topological polar surface area (TPSA) is 106 Å². The van der Waals surface area contributed by atoms with Gasteiger partial charge in [-0.2, -0.15) is 0 Å². The largest absolute Gasteiger partial charge is 0.550 e. The van der Waals surface area contributed by atoms with Crippen molar-refractivity contribution in [2.75, 3.05) is 13.6 Å². The molecule has 3 N–H and O–H groups in total. The fourth-order valence-corrected chi connectivity index (χ4v) is 2.16. The predicted octanol–water partition coefficient (Wildman–Crippen LogP) is -0.948. The quantitative estimate of drug-likeness (QED) is 0.630. The minimum Gasteiger partial charge on any atom is -0.550 e. The van der Waals surface area contributed by atoms with Crippen molar-refractivity contribution in [2.24, 2.45) is 4.99 Å². The number of hydrogen-bond donors (Lipinski definition) is 2. The van der Waals surface area contributed by atoms with Crippen molar-refractivity contribution >= 4 is 28.9 Å². The highest BCUT2D eigenvalue weighted by molar-refractivity contribution is 8.14. The number of aliphatic imine (C=N–C) groups is 1. The fraction of sp³-hybridized carbons (Fsp3) is 0.727. The second-order valence-corrected chi connectivity index (χ2v) is 5.36. The lowest BCUT2D eigenvalue weighted by atomic mass is 10.2. The standard InChI is InChI=1S/C6H10O4.C5H10N2S/c7-5(8)3-1-2-4-6(9)10;1-4-3-7-5(6-2)8-4/h1-4H2,(H,7,8)(H,9,10);4H,3H2,1-2H3,(H,6,7). The highest BCUT2D eigenvalue weighted by atomic mass is 32.2. The first kappa shape index (κ1) is 16.9. The normalized spacial score (nSPS) is 20.3. The maximum atomic E-state index is 9.88. The molecule has 1 heterocycles. The molecule has 0 saturated carbocycles. The number of carbonyl (C=O) groups excluding carboxylic acids is 1. The number of carboxylic acids is 2. The minimum absolute atomic E-state index is 0.0350. The van der Waals surface area contributed by atoms with Gasteiger partial charge in [-0.3, -0.25) is 10.1 Å². The van der Waals surface area contributed by atoms with E-state index in [9.17, 15) is 14.7 Å². The molecule has 1 rings (SSSR count). The second-order valence-electron chi connectivity index (χ2n) is 3.90. The number of unbranched alkanes of at least 4 members (excludes halogenated alkanes) is 1. The Morgan fingerprint density at radius 1 is 1.50 bits per heavy atom. The van der Waals surface area contributed by atoms with E-state index in [0.29, 0.717) is 12.8 Å². The smallest absolute Gasteiger partial charge is 0.303 e. The van der Waals surface area contributed by atoms with E-state index in [2.05, 4.69) is 17.2 Å². The molecule has 1 aliphatic rings. The number of aliphatic carboxylic acids is 2. The van der Waals surface area contributed by atoms with E-state index in [1.165, 1.54) is 11.7 Å². The Hall–Kier alpha value is -1.08. The lowest BCUT2D eigenvalue weighted by Crippen LogP contribution is -2.84. The van der Waals surface area contributed by atoms with Gasteiger partial charge in [-0.1, -0.05) is 0 Å². The Balaban J connectivity index is 0.000000327. The van der Waals surface area contributed by atoms with Crippen LogP contribution in [0.5, 0.6) is 0 Å². The summed E-state index contributed by atoms with van der Waals surface area (Å²) in [7, 11) is 1.84. The van der Waals surface area contributed by atoms with Gasteiger partial charge in [-0.25, -0.2) is 4.99 Å². The average molecular weight is 276 g/mol. The van der Waals surface area contributed by atoms with Crippen LogP contribution in [-0.4, -0.2) is 41.1 Å². The molecular weight excluding hydrogens is 256 g/mol. The monoisotopic (exact) mass is 276 g/mol. The summed E-state index contributed by atoms with van der Waals surface area (Å²) in [4.78, 5) is 23.7. The van der Waals surface area contributed by atoms with E-state index in [1.807, 2.05) is 18.8 Å². The van der Waals surface area contributed by atoms with Gasteiger partial charge in [0.25, 0.3) is 5.17 Å². The molecule has 1 aliphatic heterocycles. The molecule has 0 amide bonds. The van der Waals surface area contributed by atoms with Gasteiger partial charge >= 0.3 is 5.97 Å². The Morgan fingerprint density at radius 3 is 2.44 bits per heavy atom. The van der Waals surface area contributed by atoms with Crippen LogP contribution in [-0.2, 0) is 9.59 Å². The first-order valence-corrected chi connectivity index (χ1v) is 6.72. The van der Waals surface area contributed by atoms with Crippen LogP contribution in [0.25, 0.3) is 0 Å². The van der Waals surface area contributed by atoms with Crippen molar-refractivity contribution in [1.29, 1.82) is 0 Å². The Labute approximate surface area is 111 Å². The van der Waals surface area contributed by atoms with Gasteiger partial charge in [-0.05, 0) is 37.9 Å². The highest BCUT2D eigenvalue weighted by Crippen LogP contribution is 2.10. The number of quaternary nitrogens is 1. The van der Waals surface area contributed by atoms with E-state index < -0.39 is 11.9 Å². The van der Waals surface area contributed by atoms with Crippen molar-refractivity contribution in [1.82, 2.24) is 0 Å². The molecule has 0 bridgehead atoms. The summed E-state index contributed by atoms with van der Waals surface area (Å²) >= 11 is 1.86. The van der Waals surface area contributed by atoms with E-state index in [1.54, 1.807) is 0 Å². The third kappa shape index (κ3) is 10.1. The molecule has 0 spiro atoms. The summed E-state index contributed by atoms with van der Waals surface area (Å²) in [5.74, 6) is -2.01. The van der Waals surface area contributed by atoms with Crippen LogP contribution in [0, 0.1) is 0 Å². The van der Waals surface area contributed by atoms with Gasteiger partial charge in [-0.15, -0.1) is 0 Å². The number of carbonyl (C=O) groups is 2. The molecule has 0 radical (unpaired) electrons. The van der Waals surface area contributed by atoms with E-state index >= 15 is 0 Å². The van der Waals surface area contributed by atoms with Crippen molar-refractivity contribution in [3.05, 3.63) is 0 Å². The average Bonchev–Trinajstić information content (AvgIpc) is 2.71. The number of thioether (sulfide) groups is 1. The number of carboxylic acid groups (broad SMARTS) is 2. The SMILES string of the molecule is CN=C1[NH2+]CC(C)S1.O=C([O-])CCCCC(=O)O. The van der Waals surface area contributed by atoms with Gasteiger partial charge < -0.3 is 15.0 Å². The van der Waals surface area contributed by atoms with Crippen LogP contribution >= 0.6 is 11.8 Å². The molecule has 104 valence electrons. The molecule has 7 heteroatoms. The molecule has 0 aromatic carbocycles. The number of nitrogens with zero attached hydrogens (tertiary/aromatic N) is 1. The maximum Gasteiger partial charge on any atom is 0.303 e. The summed E-state index contributed by atoms with van der Waals surface area (Å²) in [6.07, 6.45) is 0.776. The summed E-state index contributed by atoms with van der Waals surface area (Å²) in [5.41, 5.74) is 0. The van der Waals surface area contributed by atoms with Crippen molar-refractivity contribution < 1.29 is 25.1 Å². The van der Waals surface area contributed by atoms with Gasteiger partial charge in [0.05, 0.1) is 11.8 Å². The first-order valence-electron chi connectivity index (χ1n) is 5.84. The van der Waals surface area contributed by atoms with Gasteiger partial charge in [0.2, 0.25) is 0 Å². The fourth-order valence-electron chi connectivity index (χ4n) is 1.26. The van der Waals surface area contributed by atoms with Crippen LogP contribution in [0.15, 0.2) is 4.99 Å². The predicted molar refractivity (Wildman–Crippen MR) is 68.3 cm³/mol. The number of rotatable bonds is 5. The summed E-state index contributed by atoms with van der Waals surface area (Å²) in [6, 6.07) is 0. The van der Waals surface area contributed by atoms with Crippen LogP contribution in [0.2, 0.25) is 0 Å². The lowest BCUT2D eigenvalue weighted by molar-refractivity contribution is -0.528. The third-order valence-corrected chi connectivity index (χ3v) is 3.37. The van der Waals surface area contributed by atoms with E-state index in [0.717, 1.165) is 5.25 Å². The van der Waals surface area contributed by atoms with Crippen LogP contribution in [0.4, 0.5) is 0 Å². The summed E-state index contributed by atoms with van der Waals surface area (Å²) < 4.78 is 0. The molecular formula is C11H20N2O4S. The van der Waals surface area contributed by atoms with Crippen LogP contribution < -0.4 is 10.4 Å². The van der Waals surface area contributed by atoms with Crippen LogP contribution in [0.1, 0.15) is 32.6 Å². The van der Waals surface area contributed by atoms with Gasteiger partial charge in [0, 0.05) is 19.4 Å². The first-order chi connectivity index (χ1) is 8.45. The zero-order valence-electron chi connectivity index (χ0n) is 10.7. The molecule has 1 atom stereocenters. The summed E-state index contributed by atoms with van der Waals surface area (Å²) in [6.45, 7) is 3.41. The van der Waals surface area contributed by atoms with E-state index in [4.69, 9.17) is 5.11 Å². The van der Waals surface area contributed by atoms with Crippen molar-refractivity contribution in [2.45, 2.75) is 37.9 Å². The van der Waals surface area contributed by atoms with Gasteiger partial charge in [0.1, 0.15) is 0 Å². The molecule has 0 aliphatic carbocycles. The molecule has 18 heavy (non-hydrogen) atoms. The number of amidine groups is 1. The lowest BCUT2D eigenvalue weighted by Gasteiger charge is -1.98. The molecule has 6 nitrogen and oxygen atoms in total. The number of hydrogen-bond acceptors (Lipinski definition) is 5. The molecule has 0 aromatic rings. The van der Waals surface area contributed by atoms with Crippen LogP contribution in [0.3, 0.4) is 0 Å². The van der Waals surface area contributed by atoms with E-state index in [-0.39, 0.29) is 12.8 Å². The maximum absolute atomic E-state index is 9.88. The molecule has 0 aromatic heterocycles. The van der Waals surface area contributed by atoms with Gasteiger partial charge in [0.15, 0.2) is 0 Å². The summed E-state index contributed by atoms with van der Waals surface area (Å²) in [5, 5.41) is 22.1. The zero-order valence-corrected chi connectivity index (χ0v) is 11.5. The zero-order chi connectivity index (χ0) is 14.0. The molecule has 1 fully saturated rings. The Kier molecular flexibility index (Phi) is 9.31. The van der Waals surface area contributed by atoms with Crippen molar-refractivity contribution in [3.8, 4) is 0 Å². The minimum atomic E-state index is -1.12. The highest BCUT2D eigenvalue weighted by Gasteiger charge is 2.19. The number of nitrogens with two attached hydrogens (primary N) is 1. The van der Waals surface area contributed by atoms with Crippen molar-refractivity contribution in [3.63, 3.8) is 0 Å².